The van der Waals surface area contributed by atoms with Crippen LogP contribution < -0.4 is 5.11 Å². The van der Waals surface area contributed by atoms with Crippen LogP contribution in [-0.4, -0.2) is 10.2 Å². The quantitative estimate of drug-likeness (QED) is 0.438. The normalized spacial score (nSPS) is 8.57. The van der Waals surface area contributed by atoms with E-state index in [9.17, 15) is 5.11 Å². The molecule has 0 spiro atoms. The second kappa shape index (κ2) is 1.55. The van der Waals surface area contributed by atoms with Gasteiger partial charge in [-0.25, -0.2) is 0 Å². The van der Waals surface area contributed by atoms with Crippen LogP contribution in [0.25, 0.3) is 0 Å². The summed E-state index contributed by atoms with van der Waals surface area (Å²) in [4.78, 5) is 0. The van der Waals surface area contributed by atoms with E-state index in [1.54, 1.807) is 0 Å². The molecule has 0 aliphatic carbocycles. The Balaban J connectivity index is 3.02. The smallest absolute Gasteiger partial charge is 0.0490 e. The molecule has 7 heavy (non-hydrogen) atoms. The lowest BCUT2D eigenvalue weighted by Crippen LogP contribution is -1.89. The topological polar surface area (TPSA) is 48.8 Å². The molecule has 0 saturated carbocycles. The van der Waals surface area contributed by atoms with Crippen LogP contribution in [0.4, 0.5) is 0 Å². The van der Waals surface area contributed by atoms with Gasteiger partial charge in [0.05, 0.1) is 0 Å². The van der Waals surface area contributed by atoms with E-state index in [4.69, 9.17) is 0 Å². The lowest BCUT2D eigenvalue weighted by molar-refractivity contribution is -0.268. The van der Waals surface area contributed by atoms with E-state index < -0.39 is 0 Å². The second-order valence-corrected chi connectivity index (χ2v) is 1.08. The third-order valence-corrected chi connectivity index (χ3v) is 0.557. The van der Waals surface area contributed by atoms with Crippen molar-refractivity contribution in [1.82, 2.24) is 10.2 Å². The fourth-order valence-electron chi connectivity index (χ4n) is 0.279. The van der Waals surface area contributed by atoms with Crippen LogP contribution >= 0.6 is 0 Å². The maximum atomic E-state index is 10.2. The van der Waals surface area contributed by atoms with E-state index in [2.05, 4.69) is 10.2 Å². The Kier molecular flexibility index (Phi) is 0.898. The lowest BCUT2D eigenvalue weighted by Gasteiger charge is -1.96. The third kappa shape index (κ3) is 0.855. The summed E-state index contributed by atoms with van der Waals surface area (Å²) in [6.45, 7) is 0. The molecule has 1 rings (SSSR count). The summed E-state index contributed by atoms with van der Waals surface area (Å²) in [7, 11) is 0. The van der Waals surface area contributed by atoms with Crippen molar-refractivity contribution in [2.24, 2.45) is 0 Å². The highest BCUT2D eigenvalue weighted by molar-refractivity contribution is 5.07. The molecule has 1 aromatic heterocycles. The number of rotatable bonds is 0. The van der Waals surface area contributed by atoms with E-state index in [0.717, 1.165) is 0 Å². The molecule has 0 atom stereocenters. The molecule has 36 valence electrons. The van der Waals surface area contributed by atoms with Crippen molar-refractivity contribution in [3.05, 3.63) is 18.5 Å². The Hall–Kier alpha value is -1.12. The van der Waals surface area contributed by atoms with Gasteiger partial charge in [-0.15, -0.1) is 0 Å². The van der Waals surface area contributed by atoms with Crippen molar-refractivity contribution in [1.29, 1.82) is 0 Å². The molecule has 0 saturated heterocycles. The first-order valence-corrected chi connectivity index (χ1v) is 1.83. The van der Waals surface area contributed by atoms with Crippen LogP contribution in [0, 0.1) is 0 Å². The molecular weight excluding hydrogens is 92.1 g/mol. The van der Waals surface area contributed by atoms with Gasteiger partial charge in [-0.1, -0.05) is 5.75 Å². The highest BCUT2D eigenvalue weighted by Crippen LogP contribution is 1.92. The standard InChI is InChI=1S/C4H4N2O/c7-4-1-2-5-6-3-4/h1-3H,(H,5,7)/p-1. The summed E-state index contributed by atoms with van der Waals surface area (Å²) in [6, 6.07) is 1.35. The molecule has 3 heteroatoms. The van der Waals surface area contributed by atoms with E-state index in [1.807, 2.05) is 0 Å². The third-order valence-electron chi connectivity index (χ3n) is 0.557. The summed E-state index contributed by atoms with van der Waals surface area (Å²) >= 11 is 0. The first kappa shape index (κ1) is 4.05. The van der Waals surface area contributed by atoms with Crippen LogP contribution in [-0.2, 0) is 0 Å². The van der Waals surface area contributed by atoms with Gasteiger partial charge in [-0.3, -0.25) is 0 Å². The first-order valence-electron chi connectivity index (χ1n) is 1.83. The summed E-state index contributed by atoms with van der Waals surface area (Å²) in [5.41, 5.74) is 0. The van der Waals surface area contributed by atoms with Crippen molar-refractivity contribution in [3.63, 3.8) is 0 Å². The molecule has 3 nitrogen and oxygen atoms in total. The Morgan fingerprint density at radius 1 is 1.43 bits per heavy atom. The molecule has 0 unspecified atom stereocenters. The molecule has 0 fully saturated rings. The van der Waals surface area contributed by atoms with Gasteiger partial charge >= 0.3 is 0 Å². The van der Waals surface area contributed by atoms with Gasteiger partial charge in [-0.05, 0) is 6.07 Å². The zero-order valence-corrected chi connectivity index (χ0v) is 3.53. The van der Waals surface area contributed by atoms with E-state index >= 15 is 0 Å². The predicted molar refractivity (Wildman–Crippen MR) is 21.5 cm³/mol. The predicted octanol–water partition coefficient (Wildman–Crippen LogP) is -0.450. The summed E-state index contributed by atoms with van der Waals surface area (Å²) in [5, 5.41) is 16.9. The zero-order valence-electron chi connectivity index (χ0n) is 3.53. The Morgan fingerprint density at radius 2 is 2.29 bits per heavy atom. The minimum Gasteiger partial charge on any atom is -0.871 e. The van der Waals surface area contributed by atoms with Crippen LogP contribution in [0.5, 0.6) is 5.75 Å². The molecule has 0 radical (unpaired) electrons. The van der Waals surface area contributed by atoms with Crippen molar-refractivity contribution >= 4 is 0 Å². The van der Waals surface area contributed by atoms with E-state index in [1.165, 1.54) is 18.5 Å². The van der Waals surface area contributed by atoms with E-state index in [-0.39, 0.29) is 5.75 Å². The highest BCUT2D eigenvalue weighted by Gasteiger charge is 1.67. The minimum absolute atomic E-state index is 0.102. The number of hydrogen-bond acceptors (Lipinski definition) is 3. The van der Waals surface area contributed by atoms with Crippen molar-refractivity contribution in [3.8, 4) is 5.75 Å². The molecule has 1 heterocycles. The largest absolute Gasteiger partial charge is 0.871 e. The van der Waals surface area contributed by atoms with Crippen molar-refractivity contribution in [2.75, 3.05) is 0 Å². The van der Waals surface area contributed by atoms with Crippen molar-refractivity contribution in [2.45, 2.75) is 0 Å². The summed E-state index contributed by atoms with van der Waals surface area (Å²) in [6.07, 6.45) is 2.53. The molecule has 0 amide bonds. The minimum atomic E-state index is -0.102. The second-order valence-electron chi connectivity index (χ2n) is 1.08. The van der Waals surface area contributed by atoms with Crippen LogP contribution in [0.3, 0.4) is 0 Å². The van der Waals surface area contributed by atoms with Gasteiger partial charge < -0.3 is 5.11 Å². The van der Waals surface area contributed by atoms with Gasteiger partial charge in [0.25, 0.3) is 0 Å². The fraction of sp³-hybridized carbons (Fsp3) is 0. The molecule has 0 aromatic carbocycles. The Morgan fingerprint density at radius 3 is 2.57 bits per heavy atom. The summed E-state index contributed by atoms with van der Waals surface area (Å²) in [5.74, 6) is -0.102. The maximum absolute atomic E-state index is 10.2. The van der Waals surface area contributed by atoms with Crippen molar-refractivity contribution < 1.29 is 5.11 Å². The van der Waals surface area contributed by atoms with Crippen LogP contribution in [0.2, 0.25) is 0 Å². The molecule has 0 aliphatic rings. The molecular formula is C4H3N2O-. The maximum Gasteiger partial charge on any atom is 0.0490 e. The average Bonchev–Trinajstić information content (AvgIpc) is 1.69. The molecule has 0 bridgehead atoms. The van der Waals surface area contributed by atoms with Gasteiger partial charge in [0.1, 0.15) is 0 Å². The van der Waals surface area contributed by atoms with Gasteiger partial charge in [0.2, 0.25) is 0 Å². The Bertz CT molecular complexity index is 140. The number of aromatic nitrogens is 2. The van der Waals surface area contributed by atoms with Crippen LogP contribution in [0.1, 0.15) is 0 Å². The summed E-state index contributed by atoms with van der Waals surface area (Å²) < 4.78 is 0. The monoisotopic (exact) mass is 95.0 g/mol. The van der Waals surface area contributed by atoms with E-state index in [0.29, 0.717) is 0 Å². The van der Waals surface area contributed by atoms with Gasteiger partial charge in [-0.2, -0.15) is 10.2 Å². The van der Waals surface area contributed by atoms with Gasteiger partial charge in [0, 0.05) is 12.4 Å². The number of nitrogens with zero attached hydrogens (tertiary/aromatic N) is 2. The first-order chi connectivity index (χ1) is 3.39. The number of hydrogen-bond donors (Lipinski definition) is 0. The van der Waals surface area contributed by atoms with Gasteiger partial charge in [0.15, 0.2) is 0 Å². The lowest BCUT2D eigenvalue weighted by atomic mass is 10.5. The van der Waals surface area contributed by atoms with Crippen LogP contribution in [0.15, 0.2) is 18.5 Å². The average molecular weight is 95.1 g/mol. The molecule has 0 aliphatic heterocycles. The fourth-order valence-corrected chi connectivity index (χ4v) is 0.279. The zero-order chi connectivity index (χ0) is 5.11. The SMILES string of the molecule is [O-]c1ccnnc1. The Labute approximate surface area is 40.6 Å². The highest BCUT2D eigenvalue weighted by atomic mass is 16.3. The molecule has 1 aromatic rings. The molecule has 0 N–H and O–H groups in total.